The summed E-state index contributed by atoms with van der Waals surface area (Å²) in [5, 5.41) is 7.40. The summed E-state index contributed by atoms with van der Waals surface area (Å²) in [6.45, 7) is 5.65. The predicted octanol–water partition coefficient (Wildman–Crippen LogP) is 3.60. The van der Waals surface area contributed by atoms with E-state index in [0.29, 0.717) is 6.54 Å². The smallest absolute Gasteiger partial charge is 0.279 e. The fourth-order valence-electron chi connectivity index (χ4n) is 3.68. The normalized spacial score (nSPS) is 19.2. The molecule has 0 fully saturated rings. The lowest BCUT2D eigenvalue weighted by Crippen LogP contribution is -3.14. The second-order valence-corrected chi connectivity index (χ2v) is 8.91. The van der Waals surface area contributed by atoms with E-state index >= 15 is 0 Å². The van der Waals surface area contributed by atoms with Gasteiger partial charge in [0.25, 0.3) is 5.91 Å². The van der Waals surface area contributed by atoms with Crippen LogP contribution < -0.4 is 10.2 Å². The zero-order valence-corrected chi connectivity index (χ0v) is 16.7. The molecule has 2 N–H and O–H groups in total. The minimum absolute atomic E-state index is 0.0866. The van der Waals surface area contributed by atoms with Gasteiger partial charge in [-0.25, -0.2) is 0 Å². The lowest BCUT2D eigenvalue weighted by Gasteiger charge is -2.31. The van der Waals surface area contributed by atoms with Crippen molar-refractivity contribution in [3.8, 4) is 0 Å². The van der Waals surface area contributed by atoms with E-state index in [-0.39, 0.29) is 11.9 Å². The molecule has 1 aliphatic heterocycles. The predicted molar refractivity (Wildman–Crippen MR) is 109 cm³/mol. The van der Waals surface area contributed by atoms with Gasteiger partial charge in [-0.1, -0.05) is 12.1 Å². The Labute approximate surface area is 162 Å². The van der Waals surface area contributed by atoms with Crippen LogP contribution in [0.5, 0.6) is 0 Å². The number of quaternary nitrogens is 1. The lowest BCUT2D eigenvalue weighted by atomic mass is 9.98. The third kappa shape index (κ3) is 3.47. The number of aryl methyl sites for hydroxylation is 2. The molecule has 0 radical (unpaired) electrons. The van der Waals surface area contributed by atoms with Crippen LogP contribution in [0.1, 0.15) is 32.5 Å². The monoisotopic (exact) mass is 383 g/mol. The molecule has 0 aliphatic carbocycles. The van der Waals surface area contributed by atoms with Crippen molar-refractivity contribution in [2.24, 2.45) is 0 Å². The topological polar surface area (TPSA) is 33.5 Å². The highest BCUT2D eigenvalue weighted by Gasteiger charge is 2.35. The Morgan fingerprint density at radius 2 is 2.04 bits per heavy atom. The second-order valence-electron chi connectivity index (χ2n) is 6.93. The van der Waals surface area contributed by atoms with Gasteiger partial charge < -0.3 is 10.2 Å². The summed E-state index contributed by atoms with van der Waals surface area (Å²) in [4.78, 5) is 16.9. The molecule has 3 heterocycles. The first-order valence-electron chi connectivity index (χ1n) is 8.93. The average molecular weight is 384 g/mol. The maximum atomic E-state index is 12.7. The molecular weight excluding hydrogens is 360 g/mol. The van der Waals surface area contributed by atoms with Gasteiger partial charge in [-0.3, -0.25) is 4.79 Å². The fourth-order valence-corrected chi connectivity index (χ4v) is 5.50. The van der Waals surface area contributed by atoms with Crippen LogP contribution in [-0.4, -0.2) is 19.0 Å². The average Bonchev–Trinajstić information content (AvgIpc) is 3.29. The summed E-state index contributed by atoms with van der Waals surface area (Å²) in [6.07, 6.45) is 1.06. The number of thiophene rings is 2. The molecule has 0 saturated heterocycles. The van der Waals surface area contributed by atoms with Gasteiger partial charge in [0, 0.05) is 22.5 Å². The number of amides is 1. The first-order chi connectivity index (χ1) is 12.6. The number of hydrogen-bond acceptors (Lipinski definition) is 3. The molecule has 3 nitrogen and oxygen atoms in total. The fraction of sp³-hybridized carbons (Fsp3) is 0.286. The van der Waals surface area contributed by atoms with Crippen molar-refractivity contribution < 1.29 is 9.69 Å². The van der Waals surface area contributed by atoms with E-state index in [0.717, 1.165) is 18.7 Å². The van der Waals surface area contributed by atoms with E-state index in [4.69, 9.17) is 0 Å². The number of fused-ring (bicyclic) bond motifs is 1. The van der Waals surface area contributed by atoms with Crippen LogP contribution in [0.4, 0.5) is 5.69 Å². The van der Waals surface area contributed by atoms with Gasteiger partial charge in [0.05, 0.1) is 11.4 Å². The van der Waals surface area contributed by atoms with Crippen LogP contribution in [0.3, 0.4) is 0 Å². The quantitative estimate of drug-likeness (QED) is 0.709. The van der Waals surface area contributed by atoms with Gasteiger partial charge in [0.1, 0.15) is 6.04 Å². The molecule has 5 heteroatoms. The van der Waals surface area contributed by atoms with E-state index in [9.17, 15) is 4.79 Å². The number of rotatable bonds is 4. The number of anilines is 1. The molecule has 0 spiro atoms. The minimum atomic E-state index is 0.0866. The van der Waals surface area contributed by atoms with Gasteiger partial charge in [-0.05, 0) is 60.0 Å². The van der Waals surface area contributed by atoms with E-state index in [1.165, 1.54) is 31.3 Å². The third-order valence-corrected chi connectivity index (χ3v) is 7.11. The number of hydrogen-bond donors (Lipinski definition) is 2. The summed E-state index contributed by atoms with van der Waals surface area (Å²) in [7, 11) is 0. The standard InChI is InChI=1S/C21H22N2OS2/c1-14-5-6-16(12-15(14)2)22-20(24)13-23-9-7-18-17(8-11-26-18)21(23)19-4-3-10-25-19/h3-6,8,10-12,21H,7,9,13H2,1-2H3,(H,22,24)/p+1/t21-/m1/s1. The van der Waals surface area contributed by atoms with Gasteiger partial charge in [0.15, 0.2) is 6.54 Å². The van der Waals surface area contributed by atoms with Crippen molar-refractivity contribution >= 4 is 34.3 Å². The van der Waals surface area contributed by atoms with Crippen LogP contribution in [-0.2, 0) is 11.2 Å². The Kier molecular flexibility index (Phi) is 4.94. The highest BCUT2D eigenvalue weighted by molar-refractivity contribution is 7.10. The third-order valence-electron chi connectivity index (χ3n) is 5.18. The van der Waals surface area contributed by atoms with Gasteiger partial charge >= 0.3 is 0 Å². The number of carbonyl (C=O) groups excluding carboxylic acids is 1. The molecule has 1 aromatic carbocycles. The van der Waals surface area contributed by atoms with Gasteiger partial charge in [-0.15, -0.1) is 22.7 Å². The van der Waals surface area contributed by atoms with E-state index in [1.807, 2.05) is 23.5 Å². The Morgan fingerprint density at radius 1 is 1.15 bits per heavy atom. The van der Waals surface area contributed by atoms with Crippen LogP contribution in [0.2, 0.25) is 0 Å². The lowest BCUT2D eigenvalue weighted by molar-refractivity contribution is -0.919. The zero-order chi connectivity index (χ0) is 18.1. The number of carbonyl (C=O) groups is 1. The van der Waals surface area contributed by atoms with Crippen molar-refractivity contribution in [1.29, 1.82) is 0 Å². The second kappa shape index (κ2) is 7.35. The molecule has 1 amide bonds. The van der Waals surface area contributed by atoms with Crippen LogP contribution in [0, 0.1) is 13.8 Å². The molecule has 2 atom stereocenters. The molecule has 26 heavy (non-hydrogen) atoms. The van der Waals surface area contributed by atoms with Gasteiger partial charge in [0.2, 0.25) is 0 Å². The van der Waals surface area contributed by atoms with Crippen molar-refractivity contribution in [3.05, 3.63) is 73.6 Å². The Bertz CT molecular complexity index is 914. The Morgan fingerprint density at radius 3 is 2.81 bits per heavy atom. The van der Waals surface area contributed by atoms with E-state index in [1.54, 1.807) is 11.3 Å². The van der Waals surface area contributed by atoms with Crippen LogP contribution >= 0.6 is 22.7 Å². The van der Waals surface area contributed by atoms with Crippen LogP contribution in [0.15, 0.2) is 47.2 Å². The maximum Gasteiger partial charge on any atom is 0.279 e. The number of nitrogens with one attached hydrogen (secondary N) is 2. The first-order valence-corrected chi connectivity index (χ1v) is 10.7. The maximum absolute atomic E-state index is 12.7. The summed E-state index contributed by atoms with van der Waals surface area (Å²) in [5.74, 6) is 0.0866. The molecule has 0 bridgehead atoms. The summed E-state index contributed by atoms with van der Waals surface area (Å²) in [6, 6.07) is 12.9. The van der Waals surface area contributed by atoms with Gasteiger partial charge in [-0.2, -0.15) is 0 Å². The van der Waals surface area contributed by atoms with Crippen LogP contribution in [0.25, 0.3) is 0 Å². The molecule has 2 aromatic heterocycles. The molecule has 1 aliphatic rings. The SMILES string of the molecule is Cc1ccc(NC(=O)C[NH+]2CCc3sccc3[C@@H]2c2cccs2)cc1C. The molecule has 3 aromatic rings. The minimum Gasteiger partial charge on any atom is -0.321 e. The van der Waals surface area contributed by atoms with Crippen molar-refractivity contribution in [3.63, 3.8) is 0 Å². The Balaban J connectivity index is 1.53. The van der Waals surface area contributed by atoms with E-state index in [2.05, 4.69) is 54.2 Å². The molecular formula is C21H23N2OS2+. The van der Waals surface area contributed by atoms with E-state index < -0.39 is 0 Å². The zero-order valence-electron chi connectivity index (χ0n) is 15.0. The van der Waals surface area contributed by atoms with Crippen molar-refractivity contribution in [2.75, 3.05) is 18.4 Å². The summed E-state index contributed by atoms with van der Waals surface area (Å²) >= 11 is 3.63. The summed E-state index contributed by atoms with van der Waals surface area (Å²) in [5.41, 5.74) is 4.73. The highest BCUT2D eigenvalue weighted by Crippen LogP contribution is 2.31. The number of benzene rings is 1. The highest BCUT2D eigenvalue weighted by atomic mass is 32.1. The summed E-state index contributed by atoms with van der Waals surface area (Å²) < 4.78 is 0. The molecule has 1 unspecified atom stereocenters. The molecule has 134 valence electrons. The van der Waals surface area contributed by atoms with Crippen molar-refractivity contribution in [1.82, 2.24) is 0 Å². The Hall–Kier alpha value is -1.95. The van der Waals surface area contributed by atoms with Crippen molar-refractivity contribution in [2.45, 2.75) is 26.3 Å². The molecule has 4 rings (SSSR count). The molecule has 0 saturated carbocycles. The largest absolute Gasteiger partial charge is 0.321 e. The first kappa shape index (κ1) is 17.5.